The Bertz CT molecular complexity index is 1060. The molecule has 0 spiro atoms. The summed E-state index contributed by atoms with van der Waals surface area (Å²) in [7, 11) is 0. The van der Waals surface area contributed by atoms with E-state index in [-0.39, 0.29) is 18.0 Å². The van der Waals surface area contributed by atoms with Crippen LogP contribution in [0.5, 0.6) is 0 Å². The number of nitrogens with zero attached hydrogens (tertiary/aromatic N) is 3. The lowest BCUT2D eigenvalue weighted by molar-refractivity contribution is -0.121. The number of benzene rings is 1. The van der Waals surface area contributed by atoms with Crippen molar-refractivity contribution in [3.05, 3.63) is 40.8 Å². The molecule has 1 aliphatic rings. The second-order valence-electron chi connectivity index (χ2n) is 8.48. The monoisotopic (exact) mass is 395 g/mol. The van der Waals surface area contributed by atoms with Gasteiger partial charge in [-0.25, -0.2) is 4.68 Å². The molecule has 29 heavy (non-hydrogen) atoms. The van der Waals surface area contributed by atoms with E-state index in [1.54, 1.807) is 6.20 Å². The van der Waals surface area contributed by atoms with E-state index < -0.39 is 0 Å². The Morgan fingerprint density at radius 2 is 1.97 bits per heavy atom. The second-order valence-corrected chi connectivity index (χ2v) is 8.48. The molecule has 3 aromatic rings. The maximum atomic E-state index is 12.7. The summed E-state index contributed by atoms with van der Waals surface area (Å²) in [5.41, 5.74) is 1.11. The minimum absolute atomic E-state index is 0.0675. The summed E-state index contributed by atoms with van der Waals surface area (Å²) >= 11 is 0. The zero-order chi connectivity index (χ0) is 20.4. The number of para-hydroxylation sites is 1. The summed E-state index contributed by atoms with van der Waals surface area (Å²) in [5.74, 6) is 1.30. The summed E-state index contributed by atoms with van der Waals surface area (Å²) in [6.45, 7) is 8.43. The van der Waals surface area contributed by atoms with Gasteiger partial charge < -0.3 is 15.2 Å². The molecule has 2 unspecified atom stereocenters. The molecule has 0 radical (unpaired) electrons. The third kappa shape index (κ3) is 4.34. The largest absolute Gasteiger partial charge is 0.354 e. The molecule has 2 N–H and O–H groups in total. The highest BCUT2D eigenvalue weighted by atomic mass is 16.2. The third-order valence-electron chi connectivity index (χ3n) is 5.73. The van der Waals surface area contributed by atoms with E-state index in [4.69, 9.17) is 0 Å². The lowest BCUT2D eigenvalue weighted by Gasteiger charge is -2.34. The van der Waals surface area contributed by atoms with Gasteiger partial charge in [0.1, 0.15) is 12.1 Å². The van der Waals surface area contributed by atoms with Crippen LogP contribution in [0.3, 0.4) is 0 Å². The van der Waals surface area contributed by atoms with E-state index in [9.17, 15) is 9.59 Å². The van der Waals surface area contributed by atoms with Crippen molar-refractivity contribution in [1.82, 2.24) is 25.0 Å². The zero-order valence-corrected chi connectivity index (χ0v) is 17.1. The van der Waals surface area contributed by atoms with Crippen molar-refractivity contribution in [3.8, 4) is 0 Å². The van der Waals surface area contributed by atoms with E-state index in [1.807, 2.05) is 24.3 Å². The van der Waals surface area contributed by atoms with Crippen LogP contribution in [0.4, 0.5) is 0 Å². The smallest absolute Gasteiger partial charge is 0.291 e. The van der Waals surface area contributed by atoms with Gasteiger partial charge in [0.05, 0.1) is 6.20 Å². The Balaban J connectivity index is 1.33. The first kappa shape index (κ1) is 19.6. The van der Waals surface area contributed by atoms with Crippen molar-refractivity contribution in [2.75, 3.05) is 26.2 Å². The van der Waals surface area contributed by atoms with Crippen molar-refractivity contribution in [2.45, 2.75) is 33.2 Å². The molecule has 2 aromatic heterocycles. The van der Waals surface area contributed by atoms with Crippen LogP contribution in [0, 0.1) is 11.8 Å². The summed E-state index contributed by atoms with van der Waals surface area (Å²) < 4.78 is 1.22. The Morgan fingerprint density at radius 1 is 1.21 bits per heavy atom. The lowest BCUT2D eigenvalue weighted by atomic mass is 9.92. The lowest BCUT2D eigenvalue weighted by Crippen LogP contribution is -2.40. The Kier molecular flexibility index (Phi) is 5.67. The van der Waals surface area contributed by atoms with Gasteiger partial charge in [0, 0.05) is 35.9 Å². The van der Waals surface area contributed by atoms with Crippen LogP contribution < -0.4 is 10.9 Å². The summed E-state index contributed by atoms with van der Waals surface area (Å²) in [4.78, 5) is 30.6. The van der Waals surface area contributed by atoms with Crippen molar-refractivity contribution in [2.24, 2.45) is 11.8 Å². The van der Waals surface area contributed by atoms with Gasteiger partial charge in [0.25, 0.3) is 5.56 Å². The van der Waals surface area contributed by atoms with Gasteiger partial charge in [-0.3, -0.25) is 9.59 Å². The summed E-state index contributed by atoms with van der Waals surface area (Å²) in [6.07, 6.45) is 3.87. The summed E-state index contributed by atoms with van der Waals surface area (Å²) in [5, 5.41) is 8.87. The molecule has 0 aliphatic carbocycles. The second kappa shape index (κ2) is 8.37. The number of hydrogen-bond donors (Lipinski definition) is 2. The number of H-pyrrole nitrogens is 1. The molecule has 7 nitrogen and oxygen atoms in total. The highest BCUT2D eigenvalue weighted by Gasteiger charge is 2.21. The van der Waals surface area contributed by atoms with Crippen molar-refractivity contribution in [1.29, 1.82) is 0 Å². The standard InChI is InChI=1S/C22H29N5O2/c1-15-10-16(2)13-26(12-15)9-5-8-23-20(28)14-27-22(29)21-18(11-24-27)17-6-3-4-7-19(17)25-21/h3-4,6-7,11,15-16,25H,5,8-10,12-14H2,1-2H3,(H,23,28). The van der Waals surface area contributed by atoms with E-state index in [0.717, 1.165) is 54.2 Å². The molecule has 0 saturated carbocycles. The molecule has 2 atom stereocenters. The number of carbonyl (C=O) groups is 1. The number of aromatic nitrogens is 3. The molecule has 7 heteroatoms. The Morgan fingerprint density at radius 3 is 2.76 bits per heavy atom. The number of amides is 1. The van der Waals surface area contributed by atoms with Crippen molar-refractivity contribution in [3.63, 3.8) is 0 Å². The predicted octanol–water partition coefficient (Wildman–Crippen LogP) is 2.36. The number of piperidine rings is 1. The fraction of sp³-hybridized carbons (Fsp3) is 0.500. The number of carbonyl (C=O) groups excluding carboxylic acids is 1. The van der Waals surface area contributed by atoms with Gasteiger partial charge in [0.15, 0.2) is 0 Å². The van der Waals surface area contributed by atoms with Gasteiger partial charge in [-0.15, -0.1) is 0 Å². The van der Waals surface area contributed by atoms with E-state index in [2.05, 4.69) is 34.1 Å². The number of nitrogens with one attached hydrogen (secondary N) is 2. The average molecular weight is 396 g/mol. The van der Waals surface area contributed by atoms with Gasteiger partial charge >= 0.3 is 0 Å². The number of rotatable bonds is 6. The van der Waals surface area contributed by atoms with Gasteiger partial charge in [-0.1, -0.05) is 32.0 Å². The summed E-state index contributed by atoms with van der Waals surface area (Å²) in [6, 6.07) is 7.73. The van der Waals surface area contributed by atoms with Crippen molar-refractivity contribution < 1.29 is 4.79 Å². The normalized spacial score (nSPS) is 20.3. The van der Waals surface area contributed by atoms with Gasteiger partial charge in [-0.2, -0.15) is 5.10 Å². The van der Waals surface area contributed by atoms with Crippen molar-refractivity contribution >= 4 is 27.7 Å². The van der Waals surface area contributed by atoms with Crippen LogP contribution in [0.15, 0.2) is 35.3 Å². The quantitative estimate of drug-likeness (QED) is 0.628. The molecule has 154 valence electrons. The molecule has 1 amide bonds. The highest BCUT2D eigenvalue weighted by molar-refractivity contribution is 6.06. The maximum absolute atomic E-state index is 12.7. The van der Waals surface area contributed by atoms with E-state index in [0.29, 0.717) is 12.1 Å². The van der Waals surface area contributed by atoms with Crippen LogP contribution in [-0.4, -0.2) is 51.8 Å². The minimum Gasteiger partial charge on any atom is -0.354 e. The Labute approximate surface area is 170 Å². The molecule has 1 aromatic carbocycles. The molecule has 0 bridgehead atoms. The predicted molar refractivity (Wildman–Crippen MR) is 115 cm³/mol. The zero-order valence-electron chi connectivity index (χ0n) is 17.1. The average Bonchev–Trinajstić information content (AvgIpc) is 3.06. The van der Waals surface area contributed by atoms with Crippen LogP contribution in [0.25, 0.3) is 21.8 Å². The first-order chi connectivity index (χ1) is 14.0. The molecule has 4 rings (SSSR count). The Hall–Kier alpha value is -2.67. The molecule has 1 fully saturated rings. The maximum Gasteiger partial charge on any atom is 0.291 e. The molecular formula is C22H29N5O2. The minimum atomic E-state index is -0.273. The van der Waals surface area contributed by atoms with Crippen LogP contribution in [0.1, 0.15) is 26.7 Å². The van der Waals surface area contributed by atoms with Gasteiger partial charge in [-0.05, 0) is 37.3 Å². The van der Waals surface area contributed by atoms with Gasteiger partial charge in [0.2, 0.25) is 5.91 Å². The first-order valence-electron chi connectivity index (χ1n) is 10.5. The van der Waals surface area contributed by atoms with Crippen LogP contribution in [-0.2, 0) is 11.3 Å². The number of likely N-dealkylation sites (tertiary alicyclic amines) is 1. The fourth-order valence-corrected chi connectivity index (χ4v) is 4.58. The first-order valence-corrected chi connectivity index (χ1v) is 10.5. The third-order valence-corrected chi connectivity index (χ3v) is 5.73. The topological polar surface area (TPSA) is 83.0 Å². The molecule has 3 heterocycles. The number of aromatic amines is 1. The fourth-order valence-electron chi connectivity index (χ4n) is 4.58. The highest BCUT2D eigenvalue weighted by Crippen LogP contribution is 2.22. The van der Waals surface area contributed by atoms with E-state index in [1.165, 1.54) is 11.1 Å². The number of fused-ring (bicyclic) bond motifs is 3. The van der Waals surface area contributed by atoms with Crippen LogP contribution in [0.2, 0.25) is 0 Å². The SMILES string of the molecule is CC1CC(C)CN(CCCNC(=O)Cn2ncc3c([nH]c4ccccc43)c2=O)C1. The van der Waals surface area contributed by atoms with E-state index >= 15 is 0 Å². The van der Waals surface area contributed by atoms with Crippen LogP contribution >= 0.6 is 0 Å². The molecule has 1 saturated heterocycles. The molecule has 1 aliphatic heterocycles. The molecular weight excluding hydrogens is 366 g/mol. The number of hydrogen-bond acceptors (Lipinski definition) is 4.